The van der Waals surface area contributed by atoms with E-state index >= 15 is 0 Å². The Morgan fingerprint density at radius 1 is 1.26 bits per heavy atom. The van der Waals surface area contributed by atoms with Crippen LogP contribution in [0.1, 0.15) is 12.5 Å². The average Bonchev–Trinajstić information content (AvgIpc) is 2.52. The number of ether oxygens (including phenoxy) is 1. The van der Waals surface area contributed by atoms with Crippen LogP contribution in [0.5, 0.6) is 5.75 Å². The average molecular weight is 328 g/mol. The molecule has 3 rings (SSSR count). The van der Waals surface area contributed by atoms with E-state index < -0.39 is 0 Å². The number of rotatable bonds is 5. The van der Waals surface area contributed by atoms with E-state index in [2.05, 4.69) is 4.98 Å². The maximum Gasteiger partial charge on any atom is 0.236 e. The van der Waals surface area contributed by atoms with Gasteiger partial charge in [-0.05, 0) is 37.6 Å². The van der Waals surface area contributed by atoms with Crippen molar-refractivity contribution in [3.05, 3.63) is 54.2 Å². The molecule has 2 heterocycles. The van der Waals surface area contributed by atoms with Crippen LogP contribution in [0.25, 0.3) is 0 Å². The predicted octanol–water partition coefficient (Wildman–Crippen LogP) is 3.16. The molecule has 4 nitrogen and oxygen atoms in total. The minimum atomic E-state index is -0.135. The molecule has 23 heavy (non-hydrogen) atoms. The molecular formula is C18H20N2O2S. The normalized spacial score (nSPS) is 15.8. The monoisotopic (exact) mass is 328 g/mol. The summed E-state index contributed by atoms with van der Waals surface area (Å²) < 4.78 is 5.95. The van der Waals surface area contributed by atoms with E-state index in [0.717, 1.165) is 16.3 Å². The van der Waals surface area contributed by atoms with Crippen molar-refractivity contribution in [1.82, 2.24) is 9.88 Å². The van der Waals surface area contributed by atoms with Crippen LogP contribution in [0.4, 0.5) is 0 Å². The minimum absolute atomic E-state index is 0.0899. The lowest BCUT2D eigenvalue weighted by Gasteiger charge is -2.40. The highest BCUT2D eigenvalue weighted by molar-refractivity contribution is 8.00. The van der Waals surface area contributed by atoms with Crippen LogP contribution in [0.3, 0.4) is 0 Å². The number of likely N-dealkylation sites (tertiary alicyclic amines) is 1. The van der Waals surface area contributed by atoms with Crippen molar-refractivity contribution >= 4 is 17.7 Å². The largest absolute Gasteiger partial charge is 0.486 e. The van der Waals surface area contributed by atoms with Crippen LogP contribution in [0.2, 0.25) is 0 Å². The summed E-state index contributed by atoms with van der Waals surface area (Å²) in [5, 5.41) is 0.742. The second-order valence-corrected chi connectivity index (χ2v) is 7.04. The molecule has 0 saturated carbocycles. The van der Waals surface area contributed by atoms with E-state index in [-0.39, 0.29) is 17.3 Å². The molecule has 0 unspecified atom stereocenters. The SMILES string of the molecule is Cc1ccccc1OC1CN(C(=O)[C@@H](C)Sc2ccccn2)C1. The molecule has 1 aromatic carbocycles. The fraction of sp³-hybridized carbons (Fsp3) is 0.333. The number of thioether (sulfide) groups is 1. The number of pyridine rings is 1. The van der Waals surface area contributed by atoms with Gasteiger partial charge in [0, 0.05) is 6.20 Å². The van der Waals surface area contributed by atoms with Gasteiger partial charge in [-0.2, -0.15) is 0 Å². The number of aromatic nitrogens is 1. The van der Waals surface area contributed by atoms with Gasteiger partial charge in [-0.25, -0.2) is 4.98 Å². The maximum atomic E-state index is 12.4. The van der Waals surface area contributed by atoms with Gasteiger partial charge >= 0.3 is 0 Å². The third-order valence-electron chi connectivity index (χ3n) is 3.83. The molecule has 0 radical (unpaired) electrons. The highest BCUT2D eigenvalue weighted by Crippen LogP contribution is 2.26. The van der Waals surface area contributed by atoms with Crippen molar-refractivity contribution in [2.24, 2.45) is 0 Å². The molecule has 1 fully saturated rings. The van der Waals surface area contributed by atoms with Crippen molar-refractivity contribution in [1.29, 1.82) is 0 Å². The number of hydrogen-bond donors (Lipinski definition) is 0. The molecule has 0 aliphatic carbocycles. The van der Waals surface area contributed by atoms with Crippen molar-refractivity contribution < 1.29 is 9.53 Å². The lowest BCUT2D eigenvalue weighted by atomic mass is 10.1. The first-order valence-electron chi connectivity index (χ1n) is 7.72. The van der Waals surface area contributed by atoms with Gasteiger partial charge in [0.15, 0.2) is 0 Å². The van der Waals surface area contributed by atoms with Crippen LogP contribution < -0.4 is 4.74 Å². The Balaban J connectivity index is 1.49. The summed E-state index contributed by atoms with van der Waals surface area (Å²) in [4.78, 5) is 18.5. The summed E-state index contributed by atoms with van der Waals surface area (Å²) in [5.41, 5.74) is 1.12. The van der Waals surface area contributed by atoms with Crippen molar-refractivity contribution in [2.75, 3.05) is 13.1 Å². The van der Waals surface area contributed by atoms with Gasteiger partial charge < -0.3 is 9.64 Å². The summed E-state index contributed by atoms with van der Waals surface area (Å²) in [7, 11) is 0. The topological polar surface area (TPSA) is 42.4 Å². The zero-order valence-electron chi connectivity index (χ0n) is 13.3. The Morgan fingerprint density at radius 3 is 2.70 bits per heavy atom. The molecule has 120 valence electrons. The zero-order valence-corrected chi connectivity index (χ0v) is 14.1. The van der Waals surface area contributed by atoms with Gasteiger partial charge in [0.25, 0.3) is 0 Å². The predicted molar refractivity (Wildman–Crippen MR) is 91.7 cm³/mol. The number of carbonyl (C=O) groups is 1. The number of benzene rings is 1. The number of aryl methyl sites for hydroxylation is 1. The number of para-hydroxylation sites is 1. The van der Waals surface area contributed by atoms with Crippen molar-refractivity contribution in [3.8, 4) is 5.75 Å². The zero-order chi connectivity index (χ0) is 16.2. The Bertz CT molecular complexity index is 672. The molecule has 0 bridgehead atoms. The first-order chi connectivity index (χ1) is 11.1. The number of carbonyl (C=O) groups excluding carboxylic acids is 1. The summed E-state index contributed by atoms with van der Waals surface area (Å²) in [5.74, 6) is 1.05. The third-order valence-corrected chi connectivity index (χ3v) is 4.87. The standard InChI is InChI=1S/C18H20N2O2S/c1-13-7-3-4-8-16(13)22-15-11-20(12-15)18(21)14(2)23-17-9-5-6-10-19-17/h3-10,14-15H,11-12H2,1-2H3/t14-/m1/s1. The smallest absolute Gasteiger partial charge is 0.236 e. The van der Waals surface area contributed by atoms with E-state index in [9.17, 15) is 4.79 Å². The fourth-order valence-electron chi connectivity index (χ4n) is 2.47. The highest BCUT2D eigenvalue weighted by atomic mass is 32.2. The van der Waals surface area contributed by atoms with Crippen molar-refractivity contribution in [2.45, 2.75) is 30.2 Å². The lowest BCUT2D eigenvalue weighted by molar-refractivity contribution is -0.139. The Hall–Kier alpha value is -2.01. The van der Waals surface area contributed by atoms with Gasteiger partial charge in [0.2, 0.25) is 5.91 Å². The van der Waals surface area contributed by atoms with E-state index in [1.165, 1.54) is 11.8 Å². The highest BCUT2D eigenvalue weighted by Gasteiger charge is 2.34. The summed E-state index contributed by atoms with van der Waals surface area (Å²) in [6.07, 6.45) is 1.84. The van der Waals surface area contributed by atoms with Crippen LogP contribution in [-0.4, -0.2) is 40.2 Å². The molecular weight excluding hydrogens is 308 g/mol. The molecule has 1 aliphatic heterocycles. The first-order valence-corrected chi connectivity index (χ1v) is 8.60. The van der Waals surface area contributed by atoms with Crippen LogP contribution >= 0.6 is 11.8 Å². The molecule has 2 aromatic rings. The van der Waals surface area contributed by atoms with Gasteiger partial charge in [-0.3, -0.25) is 4.79 Å². The molecule has 5 heteroatoms. The Labute approximate surface area is 140 Å². The second-order valence-electron chi connectivity index (χ2n) is 5.68. The van der Waals surface area contributed by atoms with Gasteiger partial charge in [-0.1, -0.05) is 36.0 Å². The Morgan fingerprint density at radius 2 is 2.00 bits per heavy atom. The van der Waals surface area contributed by atoms with E-state index in [1.54, 1.807) is 6.20 Å². The summed E-state index contributed by atoms with van der Waals surface area (Å²) in [6.45, 7) is 5.26. The van der Waals surface area contributed by atoms with Gasteiger partial charge in [-0.15, -0.1) is 0 Å². The quantitative estimate of drug-likeness (QED) is 0.791. The van der Waals surface area contributed by atoms with Gasteiger partial charge in [0.1, 0.15) is 11.9 Å². The van der Waals surface area contributed by atoms with Crippen molar-refractivity contribution in [3.63, 3.8) is 0 Å². The lowest BCUT2D eigenvalue weighted by Crippen LogP contribution is -2.57. The maximum absolute atomic E-state index is 12.4. The fourth-order valence-corrected chi connectivity index (χ4v) is 3.36. The molecule has 1 aromatic heterocycles. The number of nitrogens with zero attached hydrogens (tertiary/aromatic N) is 2. The summed E-state index contributed by atoms with van der Waals surface area (Å²) >= 11 is 1.49. The number of hydrogen-bond acceptors (Lipinski definition) is 4. The van der Waals surface area contributed by atoms with Gasteiger partial charge in [0.05, 0.1) is 23.4 Å². The number of amides is 1. The minimum Gasteiger partial charge on any atom is -0.486 e. The third kappa shape index (κ3) is 3.85. The second kappa shape index (κ2) is 7.04. The van der Waals surface area contributed by atoms with E-state index in [0.29, 0.717) is 13.1 Å². The molecule has 0 spiro atoms. The van der Waals surface area contributed by atoms with E-state index in [4.69, 9.17) is 4.74 Å². The first kappa shape index (κ1) is 15.9. The Kier molecular flexibility index (Phi) is 4.86. The van der Waals surface area contributed by atoms with Crippen LogP contribution in [0.15, 0.2) is 53.7 Å². The summed E-state index contributed by atoms with van der Waals surface area (Å²) in [6, 6.07) is 13.7. The molecule has 1 saturated heterocycles. The molecule has 1 atom stereocenters. The van der Waals surface area contributed by atoms with Crippen LogP contribution in [0, 0.1) is 6.92 Å². The molecule has 1 aliphatic rings. The molecule has 0 N–H and O–H groups in total. The molecule has 1 amide bonds. The van der Waals surface area contributed by atoms with E-state index in [1.807, 2.05) is 61.2 Å². The van der Waals surface area contributed by atoms with Crippen LogP contribution in [-0.2, 0) is 4.79 Å².